The van der Waals surface area contributed by atoms with Gasteiger partial charge in [-0.1, -0.05) is 35.9 Å². The molecule has 0 atom stereocenters. The summed E-state index contributed by atoms with van der Waals surface area (Å²) < 4.78 is 13.6. The third kappa shape index (κ3) is 3.28. The van der Waals surface area contributed by atoms with Gasteiger partial charge in [0.25, 0.3) is 0 Å². The quantitative estimate of drug-likeness (QED) is 0.243. The molecule has 158 valence electrons. The number of carbonyl (C=O) groups excluding carboxylic acids is 2. The van der Waals surface area contributed by atoms with Crippen LogP contribution < -0.4 is 9.47 Å². The molecule has 0 N–H and O–H groups in total. The van der Waals surface area contributed by atoms with Crippen molar-refractivity contribution in [1.29, 1.82) is 0 Å². The van der Waals surface area contributed by atoms with E-state index in [0.717, 1.165) is 22.0 Å². The number of nitrogens with zero attached hydrogens (tertiary/aromatic N) is 1. The summed E-state index contributed by atoms with van der Waals surface area (Å²) in [5.41, 5.74) is 4.57. The topological polar surface area (TPSA) is 57.5 Å². The van der Waals surface area contributed by atoms with Crippen LogP contribution in [0.1, 0.15) is 37.4 Å². The lowest BCUT2D eigenvalue weighted by Crippen LogP contribution is -2.09. The van der Waals surface area contributed by atoms with Crippen molar-refractivity contribution in [1.82, 2.24) is 4.57 Å². The van der Waals surface area contributed by atoms with Crippen LogP contribution in [0.5, 0.6) is 11.5 Å². The van der Waals surface area contributed by atoms with Gasteiger partial charge < -0.3 is 14.0 Å². The molecule has 0 fully saturated rings. The van der Waals surface area contributed by atoms with Crippen molar-refractivity contribution >= 4 is 28.7 Å². The summed E-state index contributed by atoms with van der Waals surface area (Å²) in [6.45, 7) is 3.74. The molecule has 2 heterocycles. The third-order valence-electron chi connectivity index (χ3n) is 5.74. The SMILES string of the molecule is Cc1ccc(C(=O)Oc2ccc3c(c2C)OC(=Cc2cn(C)c4ccccc24)C3=O)cc1. The average Bonchev–Trinajstić information content (AvgIpc) is 3.28. The Bertz CT molecular complexity index is 1420. The molecule has 4 aromatic rings. The number of hydrogen-bond donors (Lipinski definition) is 0. The highest BCUT2D eigenvalue weighted by Crippen LogP contribution is 2.40. The lowest BCUT2D eigenvalue weighted by molar-refractivity contribution is 0.0733. The highest BCUT2D eigenvalue weighted by molar-refractivity contribution is 6.15. The molecule has 5 rings (SSSR count). The molecule has 0 aliphatic carbocycles. The minimum Gasteiger partial charge on any atom is -0.452 e. The molecular formula is C27H21NO4. The average molecular weight is 423 g/mol. The molecule has 0 amide bonds. The normalized spacial score (nSPS) is 14.0. The van der Waals surface area contributed by atoms with E-state index >= 15 is 0 Å². The van der Waals surface area contributed by atoms with Crippen LogP contribution in [0, 0.1) is 13.8 Å². The number of fused-ring (bicyclic) bond motifs is 2. The molecule has 0 radical (unpaired) electrons. The zero-order valence-electron chi connectivity index (χ0n) is 18.0. The monoisotopic (exact) mass is 423 g/mol. The van der Waals surface area contributed by atoms with Gasteiger partial charge in [-0.3, -0.25) is 4.79 Å². The molecule has 0 spiro atoms. The van der Waals surface area contributed by atoms with Crippen molar-refractivity contribution < 1.29 is 19.1 Å². The summed E-state index contributed by atoms with van der Waals surface area (Å²) >= 11 is 0. The van der Waals surface area contributed by atoms with Gasteiger partial charge in [-0.15, -0.1) is 0 Å². The lowest BCUT2D eigenvalue weighted by Gasteiger charge is -2.10. The van der Waals surface area contributed by atoms with E-state index in [1.54, 1.807) is 37.3 Å². The Morgan fingerprint density at radius 3 is 2.53 bits per heavy atom. The van der Waals surface area contributed by atoms with Crippen molar-refractivity contribution in [2.75, 3.05) is 0 Å². The fraction of sp³-hybridized carbons (Fsp3) is 0.111. The second-order valence-corrected chi connectivity index (χ2v) is 7.97. The highest BCUT2D eigenvalue weighted by atomic mass is 16.5. The fourth-order valence-electron chi connectivity index (χ4n) is 3.96. The van der Waals surface area contributed by atoms with Crippen LogP contribution in [0.2, 0.25) is 0 Å². The molecule has 3 aromatic carbocycles. The Kier molecular flexibility index (Phi) is 4.67. The summed E-state index contributed by atoms with van der Waals surface area (Å²) in [5.74, 6) is 0.405. The molecule has 0 unspecified atom stereocenters. The molecule has 32 heavy (non-hydrogen) atoms. The van der Waals surface area contributed by atoms with Gasteiger partial charge in [0.15, 0.2) is 5.76 Å². The van der Waals surface area contributed by atoms with Gasteiger partial charge in [0.2, 0.25) is 5.78 Å². The van der Waals surface area contributed by atoms with Gasteiger partial charge in [-0.05, 0) is 50.3 Å². The lowest BCUT2D eigenvalue weighted by atomic mass is 10.1. The van der Waals surface area contributed by atoms with Crippen LogP contribution in [-0.4, -0.2) is 16.3 Å². The number of Topliss-reactive ketones (excluding diaryl/α,β-unsaturated/α-hetero) is 1. The first-order valence-corrected chi connectivity index (χ1v) is 10.3. The summed E-state index contributed by atoms with van der Waals surface area (Å²) in [6.07, 6.45) is 3.74. The van der Waals surface area contributed by atoms with Crippen LogP contribution in [0.3, 0.4) is 0 Å². The smallest absolute Gasteiger partial charge is 0.343 e. The third-order valence-corrected chi connectivity index (χ3v) is 5.74. The maximum atomic E-state index is 13.0. The zero-order valence-corrected chi connectivity index (χ0v) is 18.0. The van der Waals surface area contributed by atoms with E-state index < -0.39 is 5.97 Å². The Morgan fingerprint density at radius 2 is 1.75 bits per heavy atom. The minimum absolute atomic E-state index is 0.188. The van der Waals surface area contributed by atoms with Gasteiger partial charge in [0.05, 0.1) is 11.1 Å². The first kappa shape index (κ1) is 19.8. The number of ketones is 1. The number of aromatic nitrogens is 1. The Balaban J connectivity index is 1.46. The van der Waals surface area contributed by atoms with Crippen molar-refractivity contribution in [3.05, 3.63) is 100 Å². The van der Waals surface area contributed by atoms with E-state index in [2.05, 4.69) is 0 Å². The second-order valence-electron chi connectivity index (χ2n) is 7.97. The molecule has 1 aliphatic rings. The first-order valence-electron chi connectivity index (χ1n) is 10.3. The predicted octanol–water partition coefficient (Wildman–Crippen LogP) is 5.63. The maximum Gasteiger partial charge on any atom is 0.343 e. The Labute approximate surface area is 185 Å². The summed E-state index contributed by atoms with van der Waals surface area (Å²) in [4.78, 5) is 25.5. The molecule has 0 saturated carbocycles. The minimum atomic E-state index is -0.455. The van der Waals surface area contributed by atoms with E-state index in [-0.39, 0.29) is 11.5 Å². The van der Waals surface area contributed by atoms with Crippen LogP contribution >= 0.6 is 0 Å². The van der Waals surface area contributed by atoms with Crippen LogP contribution in [0.15, 0.2) is 72.6 Å². The van der Waals surface area contributed by atoms with E-state index in [1.165, 1.54) is 0 Å². The number of esters is 1. The molecule has 5 nitrogen and oxygen atoms in total. The van der Waals surface area contributed by atoms with Crippen molar-refractivity contribution in [2.45, 2.75) is 13.8 Å². The Morgan fingerprint density at radius 1 is 1.00 bits per heavy atom. The Hall–Kier alpha value is -4.12. The van der Waals surface area contributed by atoms with Gasteiger partial charge in [0.1, 0.15) is 11.5 Å². The molecule has 0 bridgehead atoms. The summed E-state index contributed by atoms with van der Waals surface area (Å²) in [7, 11) is 1.97. The summed E-state index contributed by atoms with van der Waals surface area (Å²) in [6, 6.07) is 18.5. The van der Waals surface area contributed by atoms with Crippen molar-refractivity contribution in [3.63, 3.8) is 0 Å². The van der Waals surface area contributed by atoms with E-state index in [0.29, 0.717) is 28.2 Å². The van der Waals surface area contributed by atoms with Gasteiger partial charge >= 0.3 is 5.97 Å². The van der Waals surface area contributed by atoms with Gasteiger partial charge in [-0.25, -0.2) is 4.79 Å². The van der Waals surface area contributed by atoms with Crippen LogP contribution in [0.4, 0.5) is 0 Å². The molecule has 1 aliphatic heterocycles. The zero-order chi connectivity index (χ0) is 22.4. The summed E-state index contributed by atoms with van der Waals surface area (Å²) in [5, 5.41) is 1.04. The van der Waals surface area contributed by atoms with Gasteiger partial charge in [-0.2, -0.15) is 0 Å². The molecule has 5 heteroatoms. The number of carbonyl (C=O) groups is 2. The number of allylic oxidation sites excluding steroid dienone is 1. The standard InChI is InChI=1S/C27H21NO4/c1-16-8-10-18(11-9-16)27(30)32-23-13-12-21-25(29)24(31-26(21)17(23)2)14-19-15-28(3)22-7-5-4-6-20(19)22/h4-15H,1-3H3. The van der Waals surface area contributed by atoms with Crippen molar-refractivity contribution in [2.24, 2.45) is 7.05 Å². The molecule has 1 aromatic heterocycles. The van der Waals surface area contributed by atoms with E-state index in [1.807, 2.05) is 61.1 Å². The number of rotatable bonds is 3. The second kappa shape index (κ2) is 7.54. The number of ether oxygens (including phenoxy) is 2. The van der Waals surface area contributed by atoms with Crippen LogP contribution in [-0.2, 0) is 7.05 Å². The van der Waals surface area contributed by atoms with E-state index in [4.69, 9.17) is 9.47 Å². The van der Waals surface area contributed by atoms with Crippen LogP contribution in [0.25, 0.3) is 17.0 Å². The first-order chi connectivity index (χ1) is 15.4. The highest BCUT2D eigenvalue weighted by Gasteiger charge is 2.31. The number of benzene rings is 3. The molecular weight excluding hydrogens is 402 g/mol. The maximum absolute atomic E-state index is 13.0. The van der Waals surface area contributed by atoms with E-state index in [9.17, 15) is 9.59 Å². The number of aryl methyl sites for hydroxylation is 2. The predicted molar refractivity (Wildman–Crippen MR) is 123 cm³/mol. The van der Waals surface area contributed by atoms with Gasteiger partial charge in [0, 0.05) is 35.3 Å². The molecule has 0 saturated heterocycles. The largest absolute Gasteiger partial charge is 0.452 e. The number of para-hydroxylation sites is 1. The fourth-order valence-corrected chi connectivity index (χ4v) is 3.96. The van der Waals surface area contributed by atoms with Crippen molar-refractivity contribution in [3.8, 4) is 11.5 Å². The number of hydrogen-bond acceptors (Lipinski definition) is 4.